The Morgan fingerprint density at radius 1 is 1.33 bits per heavy atom. The second-order valence-corrected chi connectivity index (χ2v) is 6.26. The number of thiazole rings is 1. The summed E-state index contributed by atoms with van der Waals surface area (Å²) in [6, 6.07) is 7.92. The molecule has 0 aliphatic heterocycles. The van der Waals surface area contributed by atoms with Crippen LogP contribution in [-0.4, -0.2) is 17.8 Å². The summed E-state index contributed by atoms with van der Waals surface area (Å²) >= 11 is 1.58. The largest absolute Gasteiger partial charge is 0.497 e. The molecule has 21 heavy (non-hydrogen) atoms. The van der Waals surface area contributed by atoms with Crippen LogP contribution in [0.1, 0.15) is 26.2 Å². The Kier molecular flexibility index (Phi) is 4.20. The molecule has 5 heteroatoms. The zero-order chi connectivity index (χ0) is 14.7. The average Bonchev–Trinajstić information content (AvgIpc) is 3.14. The fraction of sp³-hybridized carbons (Fsp3) is 0.375. The number of ether oxygens (including phenoxy) is 1. The quantitative estimate of drug-likeness (QED) is 0.851. The lowest BCUT2D eigenvalue weighted by molar-refractivity contribution is 0.415. The maximum atomic E-state index is 5.17. The number of anilines is 1. The number of nitrogens with zero attached hydrogens (tertiary/aromatic N) is 2. The third kappa shape index (κ3) is 3.42. The van der Waals surface area contributed by atoms with Gasteiger partial charge in [0.1, 0.15) is 5.75 Å². The van der Waals surface area contributed by atoms with Gasteiger partial charge in [-0.15, -0.1) is 11.3 Å². The Balaban J connectivity index is 1.68. The molecule has 1 N–H and O–H groups in total. The highest BCUT2D eigenvalue weighted by Gasteiger charge is 2.16. The van der Waals surface area contributed by atoms with Crippen LogP contribution < -0.4 is 10.2 Å². The summed E-state index contributed by atoms with van der Waals surface area (Å²) in [4.78, 5) is 4.58. The number of rotatable bonds is 4. The third-order valence-corrected chi connectivity index (χ3v) is 4.46. The Bertz CT molecular complexity index is 633. The summed E-state index contributed by atoms with van der Waals surface area (Å²) in [5, 5.41) is 7.36. The minimum absolute atomic E-state index is 0.761. The minimum atomic E-state index is 0.761. The Labute approximate surface area is 128 Å². The maximum absolute atomic E-state index is 5.17. The fourth-order valence-electron chi connectivity index (χ4n) is 2.47. The third-order valence-electron chi connectivity index (χ3n) is 3.71. The van der Waals surface area contributed by atoms with E-state index in [2.05, 4.69) is 22.4 Å². The highest BCUT2D eigenvalue weighted by Crippen LogP contribution is 2.27. The normalized spacial score (nSPS) is 19.9. The molecule has 0 amide bonds. The van der Waals surface area contributed by atoms with E-state index < -0.39 is 0 Å². The van der Waals surface area contributed by atoms with Crippen molar-refractivity contribution in [1.82, 2.24) is 4.98 Å². The van der Waals surface area contributed by atoms with Gasteiger partial charge in [-0.2, -0.15) is 5.10 Å². The first-order valence-corrected chi connectivity index (χ1v) is 8.04. The van der Waals surface area contributed by atoms with E-state index in [0.29, 0.717) is 0 Å². The molecule has 1 aliphatic rings. The molecule has 2 aromatic rings. The van der Waals surface area contributed by atoms with Crippen molar-refractivity contribution >= 4 is 22.2 Å². The molecular formula is C16H19N3OS. The Morgan fingerprint density at radius 3 is 2.81 bits per heavy atom. The number of methoxy groups -OCH3 is 1. The molecule has 0 bridgehead atoms. The predicted molar refractivity (Wildman–Crippen MR) is 88.2 cm³/mol. The highest BCUT2D eigenvalue weighted by molar-refractivity contribution is 7.14. The van der Waals surface area contributed by atoms with Crippen molar-refractivity contribution in [2.75, 3.05) is 12.5 Å². The van der Waals surface area contributed by atoms with Gasteiger partial charge in [0.2, 0.25) is 5.13 Å². The number of hydrazone groups is 1. The van der Waals surface area contributed by atoms with Crippen molar-refractivity contribution in [3.05, 3.63) is 29.6 Å². The van der Waals surface area contributed by atoms with Gasteiger partial charge in [0.25, 0.3) is 0 Å². The van der Waals surface area contributed by atoms with Gasteiger partial charge >= 0.3 is 0 Å². The van der Waals surface area contributed by atoms with E-state index in [0.717, 1.165) is 40.9 Å². The van der Waals surface area contributed by atoms with E-state index in [9.17, 15) is 0 Å². The summed E-state index contributed by atoms with van der Waals surface area (Å²) in [7, 11) is 1.67. The summed E-state index contributed by atoms with van der Waals surface area (Å²) in [5.74, 6) is 1.62. The van der Waals surface area contributed by atoms with Gasteiger partial charge in [-0.3, -0.25) is 5.43 Å². The standard InChI is InChI=1S/C16H19N3OS/c1-11-3-6-13(9-11)18-19-16-17-15(10-21-16)12-4-7-14(20-2)8-5-12/h4-5,7-8,10-11H,3,6,9H2,1-2H3,(H,17,19)/b18-13-. The second kappa shape index (κ2) is 6.26. The van der Waals surface area contributed by atoms with Crippen LogP contribution in [0.4, 0.5) is 5.13 Å². The number of aromatic nitrogens is 1. The first-order valence-electron chi connectivity index (χ1n) is 7.16. The summed E-state index contributed by atoms with van der Waals surface area (Å²) in [6.07, 6.45) is 3.45. The molecule has 1 aromatic heterocycles. The maximum Gasteiger partial charge on any atom is 0.203 e. The molecule has 0 radical (unpaired) electrons. The van der Waals surface area contributed by atoms with Gasteiger partial charge in [-0.25, -0.2) is 4.98 Å². The molecule has 1 atom stereocenters. The van der Waals surface area contributed by atoms with Crippen LogP contribution >= 0.6 is 11.3 Å². The second-order valence-electron chi connectivity index (χ2n) is 5.40. The first kappa shape index (κ1) is 14.1. The van der Waals surface area contributed by atoms with Gasteiger partial charge < -0.3 is 4.74 Å². The molecule has 1 fully saturated rings. The van der Waals surface area contributed by atoms with Crippen molar-refractivity contribution in [1.29, 1.82) is 0 Å². The highest BCUT2D eigenvalue weighted by atomic mass is 32.1. The fourth-order valence-corrected chi connectivity index (χ4v) is 3.13. The van der Waals surface area contributed by atoms with Crippen molar-refractivity contribution in [2.24, 2.45) is 11.0 Å². The molecule has 0 saturated heterocycles. The summed E-state index contributed by atoms with van der Waals surface area (Å²) < 4.78 is 5.17. The van der Waals surface area contributed by atoms with Crippen LogP contribution in [0.15, 0.2) is 34.7 Å². The van der Waals surface area contributed by atoms with E-state index >= 15 is 0 Å². The molecule has 4 nitrogen and oxygen atoms in total. The summed E-state index contributed by atoms with van der Waals surface area (Å²) in [5.41, 5.74) is 6.39. The smallest absolute Gasteiger partial charge is 0.203 e. The Hall–Kier alpha value is -1.88. The van der Waals surface area contributed by atoms with Gasteiger partial charge in [0.15, 0.2) is 0 Å². The van der Waals surface area contributed by atoms with Crippen LogP contribution in [0, 0.1) is 5.92 Å². The van der Waals surface area contributed by atoms with Crippen molar-refractivity contribution < 1.29 is 4.74 Å². The number of hydrogen-bond donors (Lipinski definition) is 1. The van der Waals surface area contributed by atoms with E-state index in [1.807, 2.05) is 29.6 Å². The molecule has 1 heterocycles. The number of nitrogens with one attached hydrogen (secondary N) is 1. The number of hydrogen-bond acceptors (Lipinski definition) is 5. The molecule has 1 aromatic carbocycles. The van der Waals surface area contributed by atoms with E-state index in [-0.39, 0.29) is 0 Å². The van der Waals surface area contributed by atoms with Gasteiger partial charge in [-0.1, -0.05) is 6.92 Å². The molecule has 3 rings (SSSR count). The average molecular weight is 301 g/mol. The molecule has 110 valence electrons. The zero-order valence-electron chi connectivity index (χ0n) is 12.3. The van der Waals surface area contributed by atoms with Gasteiger partial charge in [0.05, 0.1) is 12.8 Å². The number of benzene rings is 1. The van der Waals surface area contributed by atoms with Crippen molar-refractivity contribution in [3.8, 4) is 17.0 Å². The van der Waals surface area contributed by atoms with Gasteiger partial charge in [0, 0.05) is 16.7 Å². The minimum Gasteiger partial charge on any atom is -0.497 e. The molecule has 1 unspecified atom stereocenters. The van der Waals surface area contributed by atoms with E-state index in [1.54, 1.807) is 18.4 Å². The summed E-state index contributed by atoms with van der Waals surface area (Å²) in [6.45, 7) is 2.27. The predicted octanol–water partition coefficient (Wildman–Crippen LogP) is 4.41. The van der Waals surface area contributed by atoms with E-state index in [1.165, 1.54) is 12.1 Å². The molecule has 1 aliphatic carbocycles. The molecule has 1 saturated carbocycles. The topological polar surface area (TPSA) is 46.5 Å². The lowest BCUT2D eigenvalue weighted by Crippen LogP contribution is -1.97. The van der Waals surface area contributed by atoms with E-state index in [4.69, 9.17) is 4.74 Å². The lowest BCUT2D eigenvalue weighted by Gasteiger charge is -2.00. The van der Waals surface area contributed by atoms with Crippen LogP contribution in [0.3, 0.4) is 0 Å². The Morgan fingerprint density at radius 2 is 2.14 bits per heavy atom. The van der Waals surface area contributed by atoms with Crippen LogP contribution in [0.25, 0.3) is 11.3 Å². The van der Waals surface area contributed by atoms with Crippen LogP contribution in [0.5, 0.6) is 5.75 Å². The first-order chi connectivity index (χ1) is 10.2. The molecule has 0 spiro atoms. The molecular weight excluding hydrogens is 282 g/mol. The monoisotopic (exact) mass is 301 g/mol. The van der Waals surface area contributed by atoms with Crippen LogP contribution in [0.2, 0.25) is 0 Å². The zero-order valence-corrected chi connectivity index (χ0v) is 13.1. The van der Waals surface area contributed by atoms with Gasteiger partial charge in [-0.05, 0) is 49.4 Å². The van der Waals surface area contributed by atoms with Crippen LogP contribution in [-0.2, 0) is 0 Å². The lowest BCUT2D eigenvalue weighted by atomic mass is 10.1. The van der Waals surface area contributed by atoms with Crippen molar-refractivity contribution in [3.63, 3.8) is 0 Å². The SMILES string of the molecule is COc1ccc(-c2csc(N/N=C3/CCC(C)C3)n2)cc1. The van der Waals surface area contributed by atoms with Crippen molar-refractivity contribution in [2.45, 2.75) is 26.2 Å².